The van der Waals surface area contributed by atoms with Crippen LogP contribution in [0.3, 0.4) is 0 Å². The summed E-state index contributed by atoms with van der Waals surface area (Å²) in [6.45, 7) is 1.92. The topological polar surface area (TPSA) is 73.3 Å². The molecule has 0 amide bonds. The molecule has 2 aromatic carbocycles. The Balaban J connectivity index is 2.19. The van der Waals surface area contributed by atoms with Crippen molar-refractivity contribution in [2.45, 2.75) is 25.1 Å². The van der Waals surface area contributed by atoms with Crippen LogP contribution in [0.4, 0.5) is 5.69 Å². The first kappa shape index (κ1) is 16.0. The highest BCUT2D eigenvalue weighted by atomic mass is 16.3. The normalized spacial score (nSPS) is 15.0. The zero-order chi connectivity index (χ0) is 16.1. The first-order valence-corrected chi connectivity index (χ1v) is 7.24. The van der Waals surface area contributed by atoms with Crippen LogP contribution in [-0.2, 0) is 0 Å². The summed E-state index contributed by atoms with van der Waals surface area (Å²) in [5, 5.41) is 20.0. The van der Waals surface area contributed by atoms with E-state index >= 15 is 0 Å². The number of nitrogen functional groups attached to an aromatic ring is 1. The number of aliphatic hydroxyl groups excluding tert-OH is 1. The lowest BCUT2D eigenvalue weighted by Gasteiger charge is -2.32. The van der Waals surface area contributed by atoms with Crippen molar-refractivity contribution in [3.63, 3.8) is 0 Å². The zero-order valence-electron chi connectivity index (χ0n) is 12.8. The Labute approximate surface area is 131 Å². The average Bonchev–Trinajstić information content (AvgIpc) is 2.56. The van der Waals surface area contributed by atoms with Crippen LogP contribution in [0.25, 0.3) is 0 Å². The molecule has 3 atom stereocenters. The third kappa shape index (κ3) is 3.45. The van der Waals surface area contributed by atoms with Crippen LogP contribution in [0, 0.1) is 11.3 Å². The lowest BCUT2D eigenvalue weighted by Crippen LogP contribution is -2.36. The van der Waals surface area contributed by atoms with E-state index in [0.29, 0.717) is 5.69 Å². The molecule has 0 heterocycles. The average molecular weight is 295 g/mol. The maximum absolute atomic E-state index is 10.5. The number of benzene rings is 2. The molecule has 4 nitrogen and oxygen atoms in total. The summed E-state index contributed by atoms with van der Waals surface area (Å²) in [4.78, 5) is 1.88. The van der Waals surface area contributed by atoms with Crippen molar-refractivity contribution in [3.05, 3.63) is 65.7 Å². The van der Waals surface area contributed by atoms with E-state index < -0.39 is 12.1 Å². The van der Waals surface area contributed by atoms with Crippen molar-refractivity contribution < 1.29 is 5.11 Å². The molecule has 0 saturated heterocycles. The van der Waals surface area contributed by atoms with Gasteiger partial charge in [0.2, 0.25) is 0 Å². The van der Waals surface area contributed by atoms with Gasteiger partial charge in [-0.2, -0.15) is 5.26 Å². The van der Waals surface area contributed by atoms with E-state index in [9.17, 15) is 10.4 Å². The molecular formula is C18H21N3O. The number of anilines is 1. The number of likely N-dealkylation sites (N-methyl/N-ethyl adjacent to an activating group) is 1. The van der Waals surface area contributed by atoms with Gasteiger partial charge in [0.05, 0.1) is 12.2 Å². The highest BCUT2D eigenvalue weighted by Crippen LogP contribution is 2.27. The lowest BCUT2D eigenvalue weighted by molar-refractivity contribution is 0.0605. The molecule has 114 valence electrons. The van der Waals surface area contributed by atoms with Crippen LogP contribution in [-0.4, -0.2) is 23.1 Å². The number of hydrogen-bond donors (Lipinski definition) is 2. The maximum Gasteiger partial charge on any atom is 0.123 e. The van der Waals surface area contributed by atoms with Gasteiger partial charge in [-0.25, -0.2) is 0 Å². The fraction of sp³-hybridized carbons (Fsp3) is 0.278. The highest BCUT2D eigenvalue weighted by Gasteiger charge is 2.27. The minimum atomic E-state index is -0.657. The summed E-state index contributed by atoms with van der Waals surface area (Å²) in [5.74, 6) is 0. The second kappa shape index (κ2) is 7.08. The number of rotatable bonds is 5. The fourth-order valence-corrected chi connectivity index (χ4v) is 2.47. The summed E-state index contributed by atoms with van der Waals surface area (Å²) in [5.41, 5.74) is 8.07. The third-order valence-corrected chi connectivity index (χ3v) is 4.02. The zero-order valence-corrected chi connectivity index (χ0v) is 12.8. The Kier molecular flexibility index (Phi) is 5.16. The molecule has 22 heavy (non-hydrogen) atoms. The monoisotopic (exact) mass is 295 g/mol. The van der Waals surface area contributed by atoms with Crippen LogP contribution in [0.15, 0.2) is 54.6 Å². The van der Waals surface area contributed by atoms with Gasteiger partial charge in [0.1, 0.15) is 6.04 Å². The molecule has 0 fully saturated rings. The predicted molar refractivity (Wildman–Crippen MR) is 87.8 cm³/mol. The van der Waals surface area contributed by atoms with E-state index in [0.717, 1.165) is 11.1 Å². The van der Waals surface area contributed by atoms with E-state index in [1.807, 2.05) is 61.3 Å². The second-order valence-electron chi connectivity index (χ2n) is 5.46. The van der Waals surface area contributed by atoms with Gasteiger partial charge in [-0.1, -0.05) is 42.5 Å². The molecule has 0 saturated carbocycles. The number of nitrogens with zero attached hydrogens (tertiary/aromatic N) is 2. The van der Waals surface area contributed by atoms with Gasteiger partial charge in [0, 0.05) is 11.7 Å². The molecule has 3 N–H and O–H groups in total. The van der Waals surface area contributed by atoms with Crippen molar-refractivity contribution in [2.24, 2.45) is 0 Å². The number of aliphatic hydroxyl groups is 1. The summed E-state index contributed by atoms with van der Waals surface area (Å²) in [6.07, 6.45) is -0.657. The predicted octanol–water partition coefficient (Wildman–Crippen LogP) is 2.89. The molecule has 2 aromatic rings. The van der Waals surface area contributed by atoms with Crippen molar-refractivity contribution in [1.82, 2.24) is 4.90 Å². The molecule has 4 heteroatoms. The molecular weight excluding hydrogens is 274 g/mol. The molecule has 0 spiro atoms. The Bertz CT molecular complexity index is 634. The fourth-order valence-electron chi connectivity index (χ4n) is 2.47. The Morgan fingerprint density at radius 2 is 1.64 bits per heavy atom. The van der Waals surface area contributed by atoms with Gasteiger partial charge in [0.15, 0.2) is 0 Å². The first-order chi connectivity index (χ1) is 10.5. The first-order valence-electron chi connectivity index (χ1n) is 7.24. The van der Waals surface area contributed by atoms with Gasteiger partial charge in [0.25, 0.3) is 0 Å². The molecule has 0 aliphatic heterocycles. The smallest absolute Gasteiger partial charge is 0.123 e. The molecule has 0 bridgehead atoms. The molecule has 0 aliphatic carbocycles. The Hall–Kier alpha value is -2.35. The minimum Gasteiger partial charge on any atom is -0.399 e. The standard InChI is InChI=1S/C18H21N3O/c1-13(18(22)15-6-4-3-5-7-15)21(2)17(12-19)14-8-10-16(20)11-9-14/h3-11,13,17-18,22H,20H2,1-2H3/t13-,17-,18+/m1/s1. The quantitative estimate of drug-likeness (QED) is 0.832. The summed E-state index contributed by atoms with van der Waals surface area (Å²) in [7, 11) is 1.85. The Morgan fingerprint density at radius 3 is 2.18 bits per heavy atom. The van der Waals surface area contributed by atoms with Crippen molar-refractivity contribution in [1.29, 1.82) is 5.26 Å². The van der Waals surface area contributed by atoms with Gasteiger partial charge in [-0.15, -0.1) is 0 Å². The molecule has 0 aliphatic rings. The highest BCUT2D eigenvalue weighted by molar-refractivity contribution is 5.41. The lowest BCUT2D eigenvalue weighted by atomic mass is 9.99. The van der Waals surface area contributed by atoms with Gasteiger partial charge in [-0.3, -0.25) is 4.90 Å². The van der Waals surface area contributed by atoms with E-state index in [1.165, 1.54) is 0 Å². The molecule has 0 unspecified atom stereocenters. The molecule has 2 rings (SSSR count). The van der Waals surface area contributed by atoms with Crippen molar-refractivity contribution in [3.8, 4) is 6.07 Å². The van der Waals surface area contributed by atoms with Crippen molar-refractivity contribution >= 4 is 5.69 Å². The number of nitrogens with two attached hydrogens (primary N) is 1. The third-order valence-electron chi connectivity index (χ3n) is 4.02. The maximum atomic E-state index is 10.5. The minimum absolute atomic E-state index is 0.204. The van der Waals surface area contributed by atoms with E-state index in [-0.39, 0.29) is 6.04 Å². The van der Waals surface area contributed by atoms with E-state index in [1.54, 1.807) is 12.1 Å². The Morgan fingerprint density at radius 1 is 1.05 bits per heavy atom. The van der Waals surface area contributed by atoms with Crippen LogP contribution in [0.2, 0.25) is 0 Å². The SMILES string of the molecule is C[C@H]([C@H](O)c1ccccc1)N(C)[C@H](C#N)c1ccc(N)cc1. The van der Waals surface area contributed by atoms with Crippen LogP contribution < -0.4 is 5.73 Å². The number of hydrogen-bond acceptors (Lipinski definition) is 4. The largest absolute Gasteiger partial charge is 0.399 e. The van der Waals surface area contributed by atoms with Gasteiger partial charge < -0.3 is 10.8 Å². The summed E-state index contributed by atoms with van der Waals surface area (Å²) < 4.78 is 0. The van der Waals surface area contributed by atoms with E-state index in [4.69, 9.17) is 5.73 Å². The summed E-state index contributed by atoms with van der Waals surface area (Å²) in [6, 6.07) is 18.4. The summed E-state index contributed by atoms with van der Waals surface area (Å²) >= 11 is 0. The van der Waals surface area contributed by atoms with Crippen LogP contribution in [0.5, 0.6) is 0 Å². The molecule has 0 radical (unpaired) electrons. The number of nitriles is 1. The van der Waals surface area contributed by atoms with Crippen LogP contribution >= 0.6 is 0 Å². The van der Waals surface area contributed by atoms with Gasteiger partial charge >= 0.3 is 0 Å². The van der Waals surface area contributed by atoms with E-state index in [2.05, 4.69) is 6.07 Å². The second-order valence-corrected chi connectivity index (χ2v) is 5.46. The van der Waals surface area contributed by atoms with Gasteiger partial charge in [-0.05, 0) is 37.2 Å². The van der Waals surface area contributed by atoms with Crippen molar-refractivity contribution in [2.75, 3.05) is 12.8 Å². The molecule has 0 aromatic heterocycles. The van der Waals surface area contributed by atoms with Crippen LogP contribution in [0.1, 0.15) is 30.2 Å².